The first-order valence-corrected chi connectivity index (χ1v) is 9.80. The van der Waals surface area contributed by atoms with Crippen molar-refractivity contribution in [3.8, 4) is 0 Å². The van der Waals surface area contributed by atoms with Gasteiger partial charge in [-0.2, -0.15) is 0 Å². The highest BCUT2D eigenvalue weighted by molar-refractivity contribution is 5.80. The highest BCUT2D eigenvalue weighted by Gasteiger charge is 2.29. The van der Waals surface area contributed by atoms with Crippen LogP contribution in [0, 0.1) is 5.92 Å². The molecule has 4 rings (SSSR count). The van der Waals surface area contributed by atoms with Crippen LogP contribution in [0.5, 0.6) is 0 Å². The third-order valence-electron chi connectivity index (χ3n) is 5.86. The standard InChI is InChI=1S/C21H27N3O3/c1-22-19-5-3-2-4-17(19)14-18(20(22)25)15-23-8-6-16(7-9-23)21(26)24-10-12-27-13-11-24/h2-5,14,16H,6-13,15H2,1H3. The number of likely N-dealkylation sites (tertiary alicyclic amines) is 1. The molecule has 1 aromatic heterocycles. The summed E-state index contributed by atoms with van der Waals surface area (Å²) in [5.41, 5.74) is 1.86. The van der Waals surface area contributed by atoms with E-state index in [0.717, 1.165) is 42.4 Å². The van der Waals surface area contributed by atoms with Crippen LogP contribution in [0.15, 0.2) is 35.1 Å². The van der Waals surface area contributed by atoms with Gasteiger partial charge in [0.25, 0.3) is 5.56 Å². The van der Waals surface area contributed by atoms with Crippen molar-refractivity contribution < 1.29 is 9.53 Å². The van der Waals surface area contributed by atoms with Gasteiger partial charge in [0.2, 0.25) is 5.91 Å². The van der Waals surface area contributed by atoms with Crippen LogP contribution >= 0.6 is 0 Å². The summed E-state index contributed by atoms with van der Waals surface area (Å²) in [6.45, 7) is 5.09. The number of nitrogens with zero attached hydrogens (tertiary/aromatic N) is 3. The van der Waals surface area contributed by atoms with Gasteiger partial charge in [-0.25, -0.2) is 0 Å². The molecule has 0 N–H and O–H groups in total. The maximum absolute atomic E-state index is 12.7. The van der Waals surface area contributed by atoms with Gasteiger partial charge in [-0.05, 0) is 43.5 Å². The molecule has 2 aliphatic heterocycles. The number of aromatic nitrogens is 1. The maximum Gasteiger partial charge on any atom is 0.255 e. The number of rotatable bonds is 3. The Morgan fingerprint density at radius 3 is 2.56 bits per heavy atom. The number of amides is 1. The number of hydrogen-bond acceptors (Lipinski definition) is 4. The van der Waals surface area contributed by atoms with Gasteiger partial charge in [0, 0.05) is 38.2 Å². The van der Waals surface area contributed by atoms with Crippen molar-refractivity contribution in [2.75, 3.05) is 39.4 Å². The van der Waals surface area contributed by atoms with E-state index < -0.39 is 0 Å². The molecule has 0 saturated carbocycles. The Balaban J connectivity index is 1.41. The molecule has 0 bridgehead atoms. The minimum absolute atomic E-state index is 0.0696. The second-order valence-electron chi connectivity index (χ2n) is 7.58. The molecular weight excluding hydrogens is 342 g/mol. The van der Waals surface area contributed by atoms with Crippen LogP contribution in [0.4, 0.5) is 0 Å². The molecule has 0 radical (unpaired) electrons. The number of ether oxygens (including phenoxy) is 1. The summed E-state index contributed by atoms with van der Waals surface area (Å²) in [7, 11) is 1.83. The topological polar surface area (TPSA) is 54.8 Å². The van der Waals surface area contributed by atoms with Crippen molar-refractivity contribution in [1.29, 1.82) is 0 Å². The molecule has 2 saturated heterocycles. The summed E-state index contributed by atoms with van der Waals surface area (Å²) in [5, 5.41) is 1.09. The quantitative estimate of drug-likeness (QED) is 0.825. The van der Waals surface area contributed by atoms with Crippen LogP contribution < -0.4 is 5.56 Å². The number of morpholine rings is 1. The molecule has 1 aromatic carbocycles. The number of carbonyl (C=O) groups excluding carboxylic acids is 1. The summed E-state index contributed by atoms with van der Waals surface area (Å²) in [4.78, 5) is 29.6. The zero-order chi connectivity index (χ0) is 18.8. The molecule has 0 spiro atoms. The third kappa shape index (κ3) is 3.77. The predicted molar refractivity (Wildman–Crippen MR) is 105 cm³/mol. The zero-order valence-corrected chi connectivity index (χ0v) is 15.9. The maximum atomic E-state index is 12.7. The second kappa shape index (κ2) is 7.82. The van der Waals surface area contributed by atoms with Crippen LogP contribution in [-0.4, -0.2) is 59.7 Å². The van der Waals surface area contributed by atoms with Crippen molar-refractivity contribution in [1.82, 2.24) is 14.4 Å². The lowest BCUT2D eigenvalue weighted by atomic mass is 9.94. The van der Waals surface area contributed by atoms with Crippen molar-refractivity contribution in [2.24, 2.45) is 13.0 Å². The number of hydrogen-bond donors (Lipinski definition) is 0. The summed E-state index contributed by atoms with van der Waals surface area (Å²) in [6, 6.07) is 9.99. The molecule has 0 aliphatic carbocycles. The van der Waals surface area contributed by atoms with Crippen LogP contribution in [0.3, 0.4) is 0 Å². The number of benzene rings is 1. The van der Waals surface area contributed by atoms with Crippen LogP contribution in [0.1, 0.15) is 18.4 Å². The van der Waals surface area contributed by atoms with Gasteiger partial charge in [-0.1, -0.05) is 18.2 Å². The van der Waals surface area contributed by atoms with E-state index in [-0.39, 0.29) is 17.4 Å². The molecule has 144 valence electrons. The Hall–Kier alpha value is -2.18. The normalized spacial score (nSPS) is 19.5. The average Bonchev–Trinajstić information content (AvgIpc) is 2.72. The lowest BCUT2D eigenvalue weighted by Crippen LogP contribution is -2.46. The molecule has 27 heavy (non-hydrogen) atoms. The summed E-state index contributed by atoms with van der Waals surface area (Å²) >= 11 is 0. The van der Waals surface area contributed by atoms with Crippen LogP contribution in [0.25, 0.3) is 10.9 Å². The van der Waals surface area contributed by atoms with E-state index in [1.807, 2.05) is 42.3 Å². The average molecular weight is 369 g/mol. The lowest BCUT2D eigenvalue weighted by molar-refractivity contribution is -0.141. The van der Waals surface area contributed by atoms with E-state index in [2.05, 4.69) is 4.90 Å². The lowest BCUT2D eigenvalue weighted by Gasteiger charge is -2.35. The van der Waals surface area contributed by atoms with Crippen molar-refractivity contribution in [3.63, 3.8) is 0 Å². The van der Waals surface area contributed by atoms with E-state index in [1.54, 1.807) is 4.57 Å². The van der Waals surface area contributed by atoms with Gasteiger partial charge in [0.1, 0.15) is 0 Å². The Labute approximate surface area is 159 Å². The third-order valence-corrected chi connectivity index (χ3v) is 5.86. The van der Waals surface area contributed by atoms with Gasteiger partial charge in [0.15, 0.2) is 0 Å². The molecule has 6 nitrogen and oxygen atoms in total. The molecule has 1 amide bonds. The predicted octanol–water partition coefficient (Wildman–Crippen LogP) is 1.61. The number of aryl methyl sites for hydroxylation is 1. The number of fused-ring (bicyclic) bond motifs is 1. The van der Waals surface area contributed by atoms with Gasteiger partial charge >= 0.3 is 0 Å². The molecule has 6 heteroatoms. The van der Waals surface area contributed by atoms with Gasteiger partial charge in [0.05, 0.1) is 18.7 Å². The van der Waals surface area contributed by atoms with Gasteiger partial charge < -0.3 is 14.2 Å². The first-order valence-electron chi connectivity index (χ1n) is 9.80. The summed E-state index contributed by atoms with van der Waals surface area (Å²) < 4.78 is 7.07. The first-order chi connectivity index (χ1) is 13.1. The Bertz CT molecular complexity index is 878. The van der Waals surface area contributed by atoms with E-state index in [9.17, 15) is 9.59 Å². The summed E-state index contributed by atoms with van der Waals surface area (Å²) in [6.07, 6.45) is 1.73. The number of carbonyl (C=O) groups is 1. The van der Waals surface area contributed by atoms with Crippen LogP contribution in [0.2, 0.25) is 0 Å². The fraction of sp³-hybridized carbons (Fsp3) is 0.524. The molecule has 0 atom stereocenters. The number of pyridine rings is 1. The zero-order valence-electron chi connectivity index (χ0n) is 15.9. The van der Waals surface area contributed by atoms with Crippen molar-refractivity contribution >= 4 is 16.8 Å². The minimum Gasteiger partial charge on any atom is -0.378 e. The second-order valence-corrected chi connectivity index (χ2v) is 7.58. The molecular formula is C21H27N3O3. The van der Waals surface area contributed by atoms with E-state index in [4.69, 9.17) is 4.74 Å². The number of piperidine rings is 1. The first kappa shape index (κ1) is 18.2. The van der Waals surface area contributed by atoms with E-state index >= 15 is 0 Å². The van der Waals surface area contributed by atoms with Gasteiger partial charge in [-0.3, -0.25) is 14.5 Å². The van der Waals surface area contributed by atoms with Crippen molar-refractivity contribution in [3.05, 3.63) is 46.2 Å². The molecule has 3 heterocycles. The fourth-order valence-electron chi connectivity index (χ4n) is 4.22. The summed E-state index contributed by atoms with van der Waals surface area (Å²) in [5.74, 6) is 0.387. The minimum atomic E-state index is 0.0696. The SMILES string of the molecule is Cn1c(=O)c(CN2CCC(C(=O)N3CCOCC3)CC2)cc2ccccc21. The Kier molecular flexibility index (Phi) is 5.27. The molecule has 0 unspecified atom stereocenters. The Morgan fingerprint density at radius 1 is 1.11 bits per heavy atom. The van der Waals surface area contributed by atoms with Crippen molar-refractivity contribution in [2.45, 2.75) is 19.4 Å². The number of para-hydroxylation sites is 1. The molecule has 2 aromatic rings. The Morgan fingerprint density at radius 2 is 1.81 bits per heavy atom. The fourth-order valence-corrected chi connectivity index (χ4v) is 4.22. The van der Waals surface area contributed by atoms with Gasteiger partial charge in [-0.15, -0.1) is 0 Å². The van der Waals surface area contributed by atoms with E-state index in [1.165, 1.54) is 0 Å². The monoisotopic (exact) mass is 369 g/mol. The largest absolute Gasteiger partial charge is 0.378 e. The highest BCUT2D eigenvalue weighted by atomic mass is 16.5. The molecule has 2 fully saturated rings. The molecule has 2 aliphatic rings. The highest BCUT2D eigenvalue weighted by Crippen LogP contribution is 2.22. The van der Waals surface area contributed by atoms with Crippen LogP contribution in [-0.2, 0) is 23.1 Å². The van der Waals surface area contributed by atoms with E-state index in [0.29, 0.717) is 32.8 Å². The smallest absolute Gasteiger partial charge is 0.255 e.